The van der Waals surface area contributed by atoms with Gasteiger partial charge in [-0.15, -0.1) is 0 Å². The molecule has 0 atom stereocenters. The van der Waals surface area contributed by atoms with Gasteiger partial charge in [0.25, 0.3) is 5.91 Å². The van der Waals surface area contributed by atoms with E-state index in [1.807, 2.05) is 56.3 Å². The van der Waals surface area contributed by atoms with E-state index < -0.39 is 0 Å². The Morgan fingerprint density at radius 2 is 1.77 bits per heavy atom. The summed E-state index contributed by atoms with van der Waals surface area (Å²) >= 11 is 3.56. The Kier molecular flexibility index (Phi) is 9.98. The maximum atomic E-state index is 12.6. The van der Waals surface area contributed by atoms with Gasteiger partial charge in [-0.1, -0.05) is 37.3 Å². The summed E-state index contributed by atoms with van der Waals surface area (Å²) in [6.45, 7) is 5.39. The Labute approximate surface area is 214 Å². The number of hydrazone groups is 1. The van der Waals surface area contributed by atoms with Crippen LogP contribution in [0.25, 0.3) is 0 Å². The molecule has 0 aliphatic rings. The zero-order valence-electron chi connectivity index (χ0n) is 20.0. The second-order valence-electron chi connectivity index (χ2n) is 7.45. The predicted molar refractivity (Wildman–Crippen MR) is 140 cm³/mol. The molecule has 184 valence electrons. The van der Waals surface area contributed by atoms with Crippen molar-refractivity contribution in [1.82, 2.24) is 5.43 Å². The van der Waals surface area contributed by atoms with Crippen molar-refractivity contribution in [2.75, 3.05) is 20.3 Å². The van der Waals surface area contributed by atoms with E-state index in [2.05, 4.69) is 26.5 Å². The van der Waals surface area contributed by atoms with Gasteiger partial charge in [0.1, 0.15) is 6.61 Å². The zero-order valence-corrected chi connectivity index (χ0v) is 21.6. The molecule has 0 saturated heterocycles. The number of nitrogens with zero attached hydrogens (tertiary/aromatic N) is 1. The molecule has 3 aromatic rings. The van der Waals surface area contributed by atoms with Crippen LogP contribution in [0.15, 0.2) is 70.2 Å². The quantitative estimate of drug-likeness (QED) is 0.225. The Morgan fingerprint density at radius 1 is 0.971 bits per heavy atom. The molecule has 0 radical (unpaired) electrons. The molecule has 3 rings (SSSR count). The Balaban J connectivity index is 1.69. The summed E-state index contributed by atoms with van der Waals surface area (Å²) in [5.74, 6) is 1.91. The fourth-order valence-electron chi connectivity index (χ4n) is 3.17. The number of hydrogen-bond acceptors (Lipinski definition) is 6. The molecule has 0 heterocycles. The second-order valence-corrected chi connectivity index (χ2v) is 8.30. The van der Waals surface area contributed by atoms with Crippen molar-refractivity contribution in [1.29, 1.82) is 0 Å². The fourth-order valence-corrected chi connectivity index (χ4v) is 3.74. The van der Waals surface area contributed by atoms with E-state index in [1.54, 1.807) is 24.4 Å². The third-order valence-electron chi connectivity index (χ3n) is 4.82. The van der Waals surface area contributed by atoms with E-state index in [9.17, 15) is 4.79 Å². The van der Waals surface area contributed by atoms with Crippen LogP contribution in [-0.2, 0) is 6.61 Å². The van der Waals surface area contributed by atoms with Crippen LogP contribution in [0.3, 0.4) is 0 Å². The molecule has 0 bridgehead atoms. The summed E-state index contributed by atoms with van der Waals surface area (Å²) in [5.41, 5.74) is 4.73. The molecule has 35 heavy (non-hydrogen) atoms. The molecule has 7 nitrogen and oxygen atoms in total. The number of methoxy groups -OCH3 is 1. The number of ether oxygens (including phenoxy) is 4. The van der Waals surface area contributed by atoms with Crippen molar-refractivity contribution in [3.8, 4) is 23.0 Å². The normalized spacial score (nSPS) is 10.7. The zero-order chi connectivity index (χ0) is 25.0. The average Bonchev–Trinajstić information content (AvgIpc) is 2.87. The highest BCUT2D eigenvalue weighted by Crippen LogP contribution is 2.37. The van der Waals surface area contributed by atoms with Gasteiger partial charge in [-0.2, -0.15) is 5.10 Å². The van der Waals surface area contributed by atoms with E-state index in [0.29, 0.717) is 48.4 Å². The monoisotopic (exact) mass is 540 g/mol. The molecule has 0 fully saturated rings. The van der Waals surface area contributed by atoms with Gasteiger partial charge in [-0.3, -0.25) is 4.79 Å². The fraction of sp³-hybridized carbons (Fsp3) is 0.259. The van der Waals surface area contributed by atoms with Crippen molar-refractivity contribution < 1.29 is 23.7 Å². The van der Waals surface area contributed by atoms with E-state index in [1.165, 1.54) is 7.11 Å². The number of halogens is 1. The standard InChI is InChI=1S/C27H29BrN2O5/c1-4-13-34-23-12-11-21(16-24(23)32-3)27(31)30-29-17-20-14-22(28)26(25(15-20)33-5-2)35-18-19-9-7-6-8-10-19/h6-12,14-17H,4-5,13,18H2,1-3H3,(H,30,31)/b29-17+. The molecule has 0 aliphatic heterocycles. The van der Waals surface area contributed by atoms with E-state index in [4.69, 9.17) is 18.9 Å². The topological polar surface area (TPSA) is 78.4 Å². The first-order valence-electron chi connectivity index (χ1n) is 11.3. The number of amides is 1. The van der Waals surface area contributed by atoms with Crippen molar-refractivity contribution in [3.05, 3.63) is 81.8 Å². The third kappa shape index (κ3) is 7.48. The van der Waals surface area contributed by atoms with E-state index in [-0.39, 0.29) is 5.91 Å². The third-order valence-corrected chi connectivity index (χ3v) is 5.41. The van der Waals surface area contributed by atoms with Gasteiger partial charge >= 0.3 is 0 Å². The smallest absolute Gasteiger partial charge is 0.271 e. The Morgan fingerprint density at radius 3 is 2.49 bits per heavy atom. The molecule has 0 aliphatic carbocycles. The molecule has 0 spiro atoms. The molecular formula is C27H29BrN2O5. The summed E-state index contributed by atoms with van der Waals surface area (Å²) in [7, 11) is 1.54. The molecule has 3 aromatic carbocycles. The Bertz CT molecular complexity index is 1150. The minimum absolute atomic E-state index is 0.367. The first-order valence-corrected chi connectivity index (χ1v) is 12.1. The van der Waals surface area contributed by atoms with Gasteiger partial charge < -0.3 is 18.9 Å². The van der Waals surface area contributed by atoms with Gasteiger partial charge in [-0.05, 0) is 70.7 Å². The predicted octanol–water partition coefficient (Wildman–Crippen LogP) is 5.99. The van der Waals surface area contributed by atoms with E-state index in [0.717, 1.165) is 22.0 Å². The van der Waals surface area contributed by atoms with Crippen LogP contribution in [0.5, 0.6) is 23.0 Å². The minimum atomic E-state index is -0.367. The largest absolute Gasteiger partial charge is 0.493 e. The van der Waals surface area contributed by atoms with Crippen LogP contribution in [-0.4, -0.2) is 32.4 Å². The molecule has 0 saturated carbocycles. The van der Waals surface area contributed by atoms with Gasteiger partial charge in [0.15, 0.2) is 23.0 Å². The highest BCUT2D eigenvalue weighted by molar-refractivity contribution is 9.10. The number of nitrogens with one attached hydrogen (secondary N) is 1. The summed E-state index contributed by atoms with van der Waals surface area (Å²) < 4.78 is 23.5. The van der Waals surface area contributed by atoms with Crippen molar-refractivity contribution in [2.24, 2.45) is 5.10 Å². The van der Waals surface area contributed by atoms with Crippen LogP contribution in [0, 0.1) is 0 Å². The molecule has 0 aromatic heterocycles. The highest BCUT2D eigenvalue weighted by atomic mass is 79.9. The molecule has 1 N–H and O–H groups in total. The van der Waals surface area contributed by atoms with Gasteiger partial charge in [0, 0.05) is 5.56 Å². The molecule has 8 heteroatoms. The highest BCUT2D eigenvalue weighted by Gasteiger charge is 2.13. The van der Waals surface area contributed by atoms with Crippen molar-refractivity contribution >= 4 is 28.1 Å². The molecule has 1 amide bonds. The molecule has 0 unspecified atom stereocenters. The second kappa shape index (κ2) is 13.4. The Hall–Kier alpha value is -3.52. The maximum Gasteiger partial charge on any atom is 0.271 e. The lowest BCUT2D eigenvalue weighted by molar-refractivity contribution is 0.0954. The number of carbonyl (C=O) groups is 1. The molecular weight excluding hydrogens is 512 g/mol. The summed E-state index contributed by atoms with van der Waals surface area (Å²) in [5, 5.41) is 4.10. The van der Waals surface area contributed by atoms with Crippen molar-refractivity contribution in [3.63, 3.8) is 0 Å². The number of hydrogen-bond donors (Lipinski definition) is 1. The maximum absolute atomic E-state index is 12.6. The average molecular weight is 541 g/mol. The number of benzene rings is 3. The van der Waals surface area contributed by atoms with Crippen molar-refractivity contribution in [2.45, 2.75) is 26.9 Å². The van der Waals surface area contributed by atoms with Crippen LogP contribution in [0.4, 0.5) is 0 Å². The van der Waals surface area contributed by atoms with Gasteiger partial charge in [-0.25, -0.2) is 5.43 Å². The van der Waals surface area contributed by atoms with Gasteiger partial charge in [0.2, 0.25) is 0 Å². The minimum Gasteiger partial charge on any atom is -0.493 e. The van der Waals surface area contributed by atoms with Crippen LogP contribution in [0.2, 0.25) is 0 Å². The lowest BCUT2D eigenvalue weighted by Crippen LogP contribution is -2.17. The summed E-state index contributed by atoms with van der Waals surface area (Å²) in [6.07, 6.45) is 2.42. The summed E-state index contributed by atoms with van der Waals surface area (Å²) in [4.78, 5) is 12.6. The number of carbonyl (C=O) groups excluding carboxylic acids is 1. The first kappa shape index (κ1) is 26.1. The number of rotatable bonds is 12. The SMILES string of the molecule is CCCOc1ccc(C(=O)N/N=C/c2cc(Br)c(OCc3ccccc3)c(OCC)c2)cc1OC. The lowest BCUT2D eigenvalue weighted by atomic mass is 10.2. The first-order chi connectivity index (χ1) is 17.0. The van der Waals surface area contributed by atoms with Gasteiger partial charge in [0.05, 0.1) is 31.0 Å². The lowest BCUT2D eigenvalue weighted by Gasteiger charge is -2.14. The van der Waals surface area contributed by atoms with Crippen LogP contribution >= 0.6 is 15.9 Å². The van der Waals surface area contributed by atoms with Crippen LogP contribution < -0.4 is 24.4 Å². The van der Waals surface area contributed by atoms with E-state index >= 15 is 0 Å². The van der Waals surface area contributed by atoms with Crippen LogP contribution in [0.1, 0.15) is 41.8 Å². The summed E-state index contributed by atoms with van der Waals surface area (Å²) in [6, 6.07) is 18.6.